The number of carbonyl (C=O) groups excluding carboxylic acids is 1. The summed E-state index contributed by atoms with van der Waals surface area (Å²) in [7, 11) is 1.37. The number of hydrogen-bond acceptors (Lipinski definition) is 4. The van der Waals surface area contributed by atoms with E-state index in [1.165, 1.54) is 13.2 Å². The molecular formula is C11H16O4. The zero-order chi connectivity index (χ0) is 10.9. The van der Waals surface area contributed by atoms with Gasteiger partial charge in [0.2, 0.25) is 0 Å². The van der Waals surface area contributed by atoms with Crippen LogP contribution in [-0.2, 0) is 19.0 Å². The molecule has 0 radical (unpaired) electrons. The van der Waals surface area contributed by atoms with E-state index in [0.29, 0.717) is 19.1 Å². The van der Waals surface area contributed by atoms with Gasteiger partial charge < -0.3 is 14.2 Å². The summed E-state index contributed by atoms with van der Waals surface area (Å²) in [5.74, 6) is -0.130. The predicted octanol–water partition coefficient (Wildman–Crippen LogP) is 1.11. The second-order valence-corrected chi connectivity index (χ2v) is 4.10. The topological polar surface area (TPSA) is 44.8 Å². The van der Waals surface area contributed by atoms with Crippen molar-refractivity contribution in [2.75, 3.05) is 20.3 Å². The van der Waals surface area contributed by atoms with Crippen LogP contribution >= 0.6 is 0 Å². The Balaban J connectivity index is 2.00. The molecule has 15 heavy (non-hydrogen) atoms. The Morgan fingerprint density at radius 2 is 2.13 bits per heavy atom. The molecule has 1 aliphatic carbocycles. The highest BCUT2D eigenvalue weighted by Gasteiger charge is 2.55. The normalized spacial score (nSPS) is 33.2. The highest BCUT2D eigenvalue weighted by atomic mass is 16.7. The van der Waals surface area contributed by atoms with E-state index in [-0.39, 0.29) is 11.9 Å². The second-order valence-electron chi connectivity index (χ2n) is 4.10. The van der Waals surface area contributed by atoms with Crippen LogP contribution in [0.2, 0.25) is 0 Å². The van der Waals surface area contributed by atoms with Crippen LogP contribution in [0.25, 0.3) is 0 Å². The summed E-state index contributed by atoms with van der Waals surface area (Å²) in [4.78, 5) is 11.0. The molecule has 2 aliphatic rings. The smallest absolute Gasteiger partial charge is 0.330 e. The van der Waals surface area contributed by atoms with Crippen LogP contribution in [0.15, 0.2) is 12.2 Å². The third-order valence-corrected chi connectivity index (χ3v) is 3.14. The number of carbonyl (C=O) groups is 1. The van der Waals surface area contributed by atoms with Gasteiger partial charge in [-0.25, -0.2) is 4.79 Å². The van der Waals surface area contributed by atoms with Crippen molar-refractivity contribution in [3.8, 4) is 0 Å². The van der Waals surface area contributed by atoms with Crippen molar-refractivity contribution in [2.45, 2.75) is 19.1 Å². The zero-order valence-corrected chi connectivity index (χ0v) is 9.06. The Kier molecular flexibility index (Phi) is 2.80. The molecule has 0 aromatic rings. The van der Waals surface area contributed by atoms with E-state index in [1.807, 2.05) is 6.08 Å². The lowest BCUT2D eigenvalue weighted by molar-refractivity contribution is -0.258. The van der Waals surface area contributed by atoms with Crippen LogP contribution in [0, 0.1) is 11.8 Å². The van der Waals surface area contributed by atoms with E-state index < -0.39 is 5.79 Å². The maximum atomic E-state index is 11.0. The molecule has 4 heteroatoms. The Hall–Kier alpha value is -0.870. The van der Waals surface area contributed by atoms with Crippen molar-refractivity contribution in [1.29, 1.82) is 0 Å². The Morgan fingerprint density at radius 1 is 1.47 bits per heavy atom. The second kappa shape index (κ2) is 3.94. The van der Waals surface area contributed by atoms with E-state index in [1.54, 1.807) is 0 Å². The van der Waals surface area contributed by atoms with Crippen molar-refractivity contribution < 1.29 is 19.0 Å². The van der Waals surface area contributed by atoms with Gasteiger partial charge in [-0.1, -0.05) is 13.0 Å². The summed E-state index contributed by atoms with van der Waals surface area (Å²) in [6.07, 6.45) is 4.20. The first-order chi connectivity index (χ1) is 7.18. The van der Waals surface area contributed by atoms with Gasteiger partial charge >= 0.3 is 5.97 Å². The van der Waals surface area contributed by atoms with Crippen LogP contribution in [0.4, 0.5) is 0 Å². The molecule has 1 heterocycles. The molecule has 2 rings (SSSR count). The number of rotatable bonds is 2. The largest absolute Gasteiger partial charge is 0.466 e. The lowest BCUT2D eigenvalue weighted by Gasteiger charge is -2.48. The number of methoxy groups -OCH3 is 1. The lowest BCUT2D eigenvalue weighted by atomic mass is 9.68. The number of hydrogen-bond donors (Lipinski definition) is 0. The highest BCUT2D eigenvalue weighted by molar-refractivity contribution is 5.81. The standard InChI is InChI=1S/C11H16O4/c1-8-7-11(14-5-6-15-11)9(8)3-4-10(12)13-2/h3-4,8-9H,5-7H2,1-2H3/b4-3+/t8-,9-/m0/s1. The molecule has 1 saturated heterocycles. The van der Waals surface area contributed by atoms with Crippen molar-refractivity contribution in [3.63, 3.8) is 0 Å². The van der Waals surface area contributed by atoms with Gasteiger partial charge in [-0.15, -0.1) is 0 Å². The number of esters is 1. The Morgan fingerprint density at radius 3 is 2.67 bits per heavy atom. The molecule has 2 fully saturated rings. The fourth-order valence-corrected chi connectivity index (χ4v) is 2.35. The van der Waals surface area contributed by atoms with Gasteiger partial charge in [0, 0.05) is 18.4 Å². The van der Waals surface area contributed by atoms with Crippen molar-refractivity contribution in [3.05, 3.63) is 12.2 Å². The zero-order valence-electron chi connectivity index (χ0n) is 9.06. The van der Waals surface area contributed by atoms with Crippen molar-refractivity contribution in [1.82, 2.24) is 0 Å². The lowest BCUT2D eigenvalue weighted by Crippen LogP contribution is -2.53. The van der Waals surface area contributed by atoms with Gasteiger partial charge in [0.25, 0.3) is 0 Å². The van der Waals surface area contributed by atoms with Gasteiger partial charge in [-0.3, -0.25) is 0 Å². The van der Waals surface area contributed by atoms with E-state index in [0.717, 1.165) is 6.42 Å². The van der Waals surface area contributed by atoms with Crippen LogP contribution < -0.4 is 0 Å². The monoisotopic (exact) mass is 212 g/mol. The van der Waals surface area contributed by atoms with E-state index in [2.05, 4.69) is 11.7 Å². The fourth-order valence-electron chi connectivity index (χ4n) is 2.35. The highest BCUT2D eigenvalue weighted by Crippen LogP contribution is 2.50. The average Bonchev–Trinajstić information content (AvgIpc) is 2.68. The summed E-state index contributed by atoms with van der Waals surface area (Å²) in [6, 6.07) is 0. The maximum absolute atomic E-state index is 11.0. The molecule has 0 aromatic heterocycles. The van der Waals surface area contributed by atoms with Gasteiger partial charge in [0.15, 0.2) is 5.79 Å². The summed E-state index contributed by atoms with van der Waals surface area (Å²) in [5.41, 5.74) is 0. The Labute approximate surface area is 89.2 Å². The van der Waals surface area contributed by atoms with E-state index in [9.17, 15) is 4.79 Å². The maximum Gasteiger partial charge on any atom is 0.330 e. The third kappa shape index (κ3) is 1.79. The van der Waals surface area contributed by atoms with E-state index >= 15 is 0 Å². The van der Waals surface area contributed by atoms with Crippen LogP contribution in [0.3, 0.4) is 0 Å². The molecule has 0 amide bonds. The SMILES string of the molecule is COC(=O)/C=C/[C@H]1[C@@H](C)CC12OCCO2. The molecule has 1 spiro atoms. The van der Waals surface area contributed by atoms with Crippen molar-refractivity contribution >= 4 is 5.97 Å². The van der Waals surface area contributed by atoms with Crippen LogP contribution in [0.5, 0.6) is 0 Å². The predicted molar refractivity (Wildman–Crippen MR) is 53.1 cm³/mol. The summed E-state index contributed by atoms with van der Waals surface area (Å²) >= 11 is 0. The molecule has 0 N–H and O–H groups in total. The average molecular weight is 212 g/mol. The molecule has 4 nitrogen and oxygen atoms in total. The molecule has 1 saturated carbocycles. The van der Waals surface area contributed by atoms with Gasteiger partial charge in [-0.2, -0.15) is 0 Å². The first-order valence-corrected chi connectivity index (χ1v) is 5.22. The molecule has 84 valence electrons. The molecule has 0 unspecified atom stereocenters. The molecule has 1 aliphatic heterocycles. The van der Waals surface area contributed by atoms with E-state index in [4.69, 9.17) is 9.47 Å². The summed E-state index contributed by atoms with van der Waals surface area (Å²) in [5, 5.41) is 0. The minimum absolute atomic E-state index is 0.166. The van der Waals surface area contributed by atoms with Gasteiger partial charge in [0.05, 0.1) is 20.3 Å². The Bertz CT molecular complexity index is 278. The third-order valence-electron chi connectivity index (χ3n) is 3.14. The molecular weight excluding hydrogens is 196 g/mol. The molecule has 0 bridgehead atoms. The molecule has 2 atom stereocenters. The quantitative estimate of drug-likeness (QED) is 0.508. The first kappa shape index (κ1) is 10.6. The van der Waals surface area contributed by atoms with Crippen LogP contribution in [-0.4, -0.2) is 32.1 Å². The summed E-state index contributed by atoms with van der Waals surface area (Å²) < 4.78 is 15.7. The van der Waals surface area contributed by atoms with Crippen LogP contribution in [0.1, 0.15) is 13.3 Å². The number of ether oxygens (including phenoxy) is 3. The summed E-state index contributed by atoms with van der Waals surface area (Å²) in [6.45, 7) is 3.42. The van der Waals surface area contributed by atoms with Crippen molar-refractivity contribution in [2.24, 2.45) is 11.8 Å². The van der Waals surface area contributed by atoms with Gasteiger partial charge in [0.1, 0.15) is 0 Å². The minimum atomic E-state index is -0.454. The fraction of sp³-hybridized carbons (Fsp3) is 0.727. The van der Waals surface area contributed by atoms with Gasteiger partial charge in [-0.05, 0) is 5.92 Å². The first-order valence-electron chi connectivity index (χ1n) is 5.22. The minimum Gasteiger partial charge on any atom is -0.466 e. The molecule has 0 aromatic carbocycles.